The van der Waals surface area contributed by atoms with Crippen LogP contribution in [0, 0.1) is 6.92 Å². The van der Waals surface area contributed by atoms with E-state index in [0.717, 1.165) is 31.0 Å². The standard InChI is InChI=1S/C15H20N4O2/c1-11-5-13(20)6-14(17-11)15-10-19(3-4-21-15)9-12-7-16-18(2)8-12/h5-8,15H,3-4,9-10H2,1-2H3,(H,17,20). The molecule has 1 aliphatic heterocycles. The van der Waals surface area contributed by atoms with Crippen molar-refractivity contribution < 1.29 is 4.74 Å². The predicted molar refractivity (Wildman–Crippen MR) is 79.0 cm³/mol. The molecule has 0 radical (unpaired) electrons. The van der Waals surface area contributed by atoms with Crippen molar-refractivity contribution in [3.05, 3.63) is 51.7 Å². The highest BCUT2D eigenvalue weighted by molar-refractivity contribution is 5.14. The Bertz CT molecular complexity index is 676. The molecule has 1 saturated heterocycles. The number of rotatable bonds is 3. The van der Waals surface area contributed by atoms with Crippen LogP contribution in [0.1, 0.15) is 23.1 Å². The molecule has 112 valence electrons. The van der Waals surface area contributed by atoms with Gasteiger partial charge < -0.3 is 9.72 Å². The third kappa shape index (κ3) is 3.40. The number of morpholine rings is 1. The van der Waals surface area contributed by atoms with Gasteiger partial charge in [-0.05, 0) is 6.92 Å². The monoisotopic (exact) mass is 288 g/mol. The summed E-state index contributed by atoms with van der Waals surface area (Å²) in [6.07, 6.45) is 3.83. The molecule has 0 aliphatic carbocycles. The van der Waals surface area contributed by atoms with E-state index in [9.17, 15) is 4.79 Å². The summed E-state index contributed by atoms with van der Waals surface area (Å²) in [6.45, 7) is 5.07. The third-order valence-corrected chi connectivity index (χ3v) is 3.66. The molecule has 1 aliphatic rings. The molecular weight excluding hydrogens is 268 g/mol. The maximum absolute atomic E-state index is 11.6. The van der Waals surface area contributed by atoms with Crippen LogP contribution in [0.15, 0.2) is 29.3 Å². The summed E-state index contributed by atoms with van der Waals surface area (Å²) in [5.41, 5.74) is 2.94. The summed E-state index contributed by atoms with van der Waals surface area (Å²) in [5.74, 6) is 0. The predicted octanol–water partition coefficient (Wildman–Crippen LogP) is 0.990. The van der Waals surface area contributed by atoms with Crippen molar-refractivity contribution in [3.8, 4) is 0 Å². The minimum atomic E-state index is -0.0805. The van der Waals surface area contributed by atoms with Crippen LogP contribution in [0.3, 0.4) is 0 Å². The lowest BCUT2D eigenvalue weighted by molar-refractivity contribution is -0.0350. The fourth-order valence-electron chi connectivity index (χ4n) is 2.73. The van der Waals surface area contributed by atoms with E-state index in [1.54, 1.807) is 12.1 Å². The van der Waals surface area contributed by atoms with Crippen LogP contribution < -0.4 is 5.43 Å². The van der Waals surface area contributed by atoms with Crippen molar-refractivity contribution in [3.63, 3.8) is 0 Å². The largest absolute Gasteiger partial charge is 0.369 e. The van der Waals surface area contributed by atoms with E-state index in [1.165, 1.54) is 5.56 Å². The Morgan fingerprint density at radius 3 is 3.05 bits per heavy atom. The number of ether oxygens (including phenoxy) is 1. The first-order valence-electron chi connectivity index (χ1n) is 7.12. The summed E-state index contributed by atoms with van der Waals surface area (Å²) in [4.78, 5) is 17.2. The van der Waals surface area contributed by atoms with Crippen LogP contribution in [-0.2, 0) is 18.3 Å². The zero-order valence-electron chi connectivity index (χ0n) is 12.4. The number of aromatic nitrogens is 3. The van der Waals surface area contributed by atoms with Crippen molar-refractivity contribution in [1.29, 1.82) is 0 Å². The SMILES string of the molecule is Cc1cc(=O)cc(C2CN(Cc3cnn(C)c3)CCO2)[nH]1. The van der Waals surface area contributed by atoms with E-state index in [1.807, 2.05) is 31.0 Å². The Kier molecular flexibility index (Phi) is 3.90. The zero-order valence-corrected chi connectivity index (χ0v) is 12.4. The van der Waals surface area contributed by atoms with Crippen LogP contribution in [0.5, 0.6) is 0 Å². The van der Waals surface area contributed by atoms with Crippen LogP contribution in [0.4, 0.5) is 0 Å². The van der Waals surface area contributed by atoms with Crippen molar-refractivity contribution in [2.24, 2.45) is 7.05 Å². The number of aromatic amines is 1. The van der Waals surface area contributed by atoms with E-state index in [2.05, 4.69) is 15.0 Å². The molecule has 1 fully saturated rings. The average molecular weight is 288 g/mol. The van der Waals surface area contributed by atoms with Crippen LogP contribution in [0.2, 0.25) is 0 Å². The number of hydrogen-bond donors (Lipinski definition) is 1. The summed E-state index contributed by atoms with van der Waals surface area (Å²) in [6, 6.07) is 3.23. The lowest BCUT2D eigenvalue weighted by atomic mass is 10.1. The lowest BCUT2D eigenvalue weighted by Gasteiger charge is -2.32. The van der Waals surface area contributed by atoms with E-state index in [0.29, 0.717) is 6.61 Å². The zero-order chi connectivity index (χ0) is 14.8. The van der Waals surface area contributed by atoms with Crippen LogP contribution >= 0.6 is 0 Å². The molecule has 2 aromatic heterocycles. The smallest absolute Gasteiger partial charge is 0.182 e. The number of nitrogens with one attached hydrogen (secondary N) is 1. The number of hydrogen-bond acceptors (Lipinski definition) is 4. The second kappa shape index (κ2) is 5.83. The molecule has 3 rings (SSSR count). The number of H-pyrrole nitrogens is 1. The molecule has 21 heavy (non-hydrogen) atoms. The van der Waals surface area contributed by atoms with E-state index in [4.69, 9.17) is 4.74 Å². The fourth-order valence-corrected chi connectivity index (χ4v) is 2.73. The second-order valence-corrected chi connectivity index (χ2v) is 5.57. The van der Waals surface area contributed by atoms with Gasteiger partial charge in [-0.25, -0.2) is 0 Å². The lowest BCUT2D eigenvalue weighted by Crippen LogP contribution is -2.38. The molecule has 6 heteroatoms. The molecular formula is C15H20N4O2. The van der Waals surface area contributed by atoms with Gasteiger partial charge in [0, 0.05) is 62.0 Å². The molecule has 0 amide bonds. The highest BCUT2D eigenvalue weighted by Crippen LogP contribution is 2.21. The first-order valence-corrected chi connectivity index (χ1v) is 7.12. The van der Waals surface area contributed by atoms with Crippen LogP contribution in [0.25, 0.3) is 0 Å². The van der Waals surface area contributed by atoms with Crippen molar-refractivity contribution in [1.82, 2.24) is 19.7 Å². The Morgan fingerprint density at radius 2 is 2.33 bits per heavy atom. The summed E-state index contributed by atoms with van der Waals surface area (Å²) >= 11 is 0. The minimum absolute atomic E-state index is 0.0224. The summed E-state index contributed by atoms with van der Waals surface area (Å²) in [5, 5.41) is 4.19. The van der Waals surface area contributed by atoms with E-state index < -0.39 is 0 Å². The molecule has 1 N–H and O–H groups in total. The molecule has 1 atom stereocenters. The van der Waals surface area contributed by atoms with E-state index >= 15 is 0 Å². The Balaban J connectivity index is 1.71. The molecule has 0 spiro atoms. The van der Waals surface area contributed by atoms with Crippen LogP contribution in [-0.4, -0.2) is 39.4 Å². The van der Waals surface area contributed by atoms with Gasteiger partial charge in [0.05, 0.1) is 12.8 Å². The van der Waals surface area contributed by atoms with Gasteiger partial charge in [0.2, 0.25) is 0 Å². The molecule has 0 bridgehead atoms. The van der Waals surface area contributed by atoms with Gasteiger partial charge >= 0.3 is 0 Å². The molecule has 1 unspecified atom stereocenters. The number of pyridine rings is 1. The van der Waals surface area contributed by atoms with Gasteiger partial charge in [-0.15, -0.1) is 0 Å². The molecule has 0 aromatic carbocycles. The minimum Gasteiger partial charge on any atom is -0.369 e. The summed E-state index contributed by atoms with van der Waals surface area (Å²) in [7, 11) is 1.92. The Labute approximate surface area is 123 Å². The molecule has 3 heterocycles. The van der Waals surface area contributed by atoms with Crippen molar-refractivity contribution in [2.45, 2.75) is 19.6 Å². The Morgan fingerprint density at radius 1 is 1.48 bits per heavy atom. The van der Waals surface area contributed by atoms with Gasteiger partial charge in [0.25, 0.3) is 0 Å². The average Bonchev–Trinajstić information content (AvgIpc) is 2.83. The quantitative estimate of drug-likeness (QED) is 0.915. The van der Waals surface area contributed by atoms with Crippen molar-refractivity contribution >= 4 is 0 Å². The highest BCUT2D eigenvalue weighted by Gasteiger charge is 2.23. The van der Waals surface area contributed by atoms with Gasteiger partial charge in [-0.2, -0.15) is 5.10 Å². The summed E-state index contributed by atoms with van der Waals surface area (Å²) < 4.78 is 7.63. The fraction of sp³-hybridized carbons (Fsp3) is 0.467. The maximum atomic E-state index is 11.6. The molecule has 6 nitrogen and oxygen atoms in total. The first kappa shape index (κ1) is 14.0. The number of aryl methyl sites for hydroxylation is 2. The maximum Gasteiger partial charge on any atom is 0.182 e. The number of nitrogens with zero attached hydrogens (tertiary/aromatic N) is 3. The molecule has 0 saturated carbocycles. The van der Waals surface area contributed by atoms with Gasteiger partial charge in [0.15, 0.2) is 5.43 Å². The highest BCUT2D eigenvalue weighted by atomic mass is 16.5. The van der Waals surface area contributed by atoms with Crippen molar-refractivity contribution in [2.75, 3.05) is 19.7 Å². The van der Waals surface area contributed by atoms with Gasteiger partial charge in [-0.1, -0.05) is 0 Å². The normalized spacial score (nSPS) is 19.8. The third-order valence-electron chi connectivity index (χ3n) is 3.66. The second-order valence-electron chi connectivity index (χ2n) is 5.57. The van der Waals surface area contributed by atoms with E-state index in [-0.39, 0.29) is 11.5 Å². The Hall–Kier alpha value is -1.92. The van der Waals surface area contributed by atoms with Gasteiger partial charge in [-0.3, -0.25) is 14.4 Å². The van der Waals surface area contributed by atoms with Gasteiger partial charge in [0.1, 0.15) is 6.10 Å². The first-order chi connectivity index (χ1) is 10.1. The topological polar surface area (TPSA) is 63.1 Å². The molecule has 2 aromatic rings.